The molecule has 1 heterocycles. The van der Waals surface area contributed by atoms with Crippen LogP contribution < -0.4 is 14.2 Å². The second-order valence-corrected chi connectivity index (χ2v) is 9.78. The van der Waals surface area contributed by atoms with Crippen molar-refractivity contribution in [1.29, 1.82) is 0 Å². The number of halogens is 3. The molecule has 39 heavy (non-hydrogen) atoms. The molecule has 2 amide bonds. The number of nitrogens with one attached hydrogen (secondary N) is 1. The van der Waals surface area contributed by atoms with Crippen molar-refractivity contribution in [2.75, 3.05) is 12.4 Å². The van der Waals surface area contributed by atoms with Gasteiger partial charge >= 0.3 is 22.3 Å². The molecule has 12 heteroatoms. The number of hydrogen-bond acceptors (Lipinski definition) is 6. The molecule has 0 bridgehead atoms. The van der Waals surface area contributed by atoms with Gasteiger partial charge in [-0.3, -0.25) is 0 Å². The summed E-state index contributed by atoms with van der Waals surface area (Å²) in [5.41, 5.74) is -0.431. The summed E-state index contributed by atoms with van der Waals surface area (Å²) in [7, 11) is -3.17. The number of alkyl halides is 3. The van der Waals surface area contributed by atoms with Crippen LogP contribution in [0.5, 0.6) is 11.5 Å². The average molecular weight is 561 g/mol. The largest absolute Gasteiger partial charge is 0.495 e. The van der Waals surface area contributed by atoms with Crippen molar-refractivity contribution in [3.63, 3.8) is 0 Å². The first-order chi connectivity index (χ1) is 18.6. The van der Waals surface area contributed by atoms with Gasteiger partial charge in [0.05, 0.1) is 37.7 Å². The number of carbonyl (C=O) groups excluding carboxylic acids is 1. The third-order valence-electron chi connectivity index (χ3n) is 5.55. The second kappa shape index (κ2) is 11.5. The number of ether oxygens (including phenoxy) is 1. The number of furan rings is 1. The summed E-state index contributed by atoms with van der Waals surface area (Å²) in [6.07, 6.45) is -3.28. The van der Waals surface area contributed by atoms with Gasteiger partial charge in [-0.1, -0.05) is 36.4 Å². The van der Waals surface area contributed by atoms with E-state index in [1.165, 1.54) is 30.4 Å². The summed E-state index contributed by atoms with van der Waals surface area (Å²) in [5.74, 6) is 0.740. The maximum absolute atomic E-state index is 13.3. The van der Waals surface area contributed by atoms with Crippen molar-refractivity contribution in [1.82, 2.24) is 4.90 Å². The van der Waals surface area contributed by atoms with Crippen molar-refractivity contribution < 1.29 is 39.7 Å². The molecular weight excluding hydrogens is 537 g/mol. The molecule has 4 rings (SSSR count). The number of anilines is 1. The van der Waals surface area contributed by atoms with Gasteiger partial charge in [0.1, 0.15) is 22.2 Å². The van der Waals surface area contributed by atoms with E-state index < -0.39 is 32.8 Å². The zero-order chi connectivity index (χ0) is 28.0. The number of carbonyl (C=O) groups is 1. The van der Waals surface area contributed by atoms with Gasteiger partial charge in [-0.25, -0.2) is 4.79 Å². The molecule has 0 radical (unpaired) electrons. The first-order valence-electron chi connectivity index (χ1n) is 11.5. The normalized spacial score (nSPS) is 11.6. The predicted molar refractivity (Wildman–Crippen MR) is 136 cm³/mol. The van der Waals surface area contributed by atoms with Gasteiger partial charge in [0, 0.05) is 5.56 Å². The lowest BCUT2D eigenvalue weighted by atomic mass is 10.2. The fraction of sp³-hybridized carbons (Fsp3) is 0.148. The van der Waals surface area contributed by atoms with Crippen LogP contribution in [0.3, 0.4) is 0 Å². The highest BCUT2D eigenvalue weighted by atomic mass is 32.2. The Balaban J connectivity index is 1.62. The van der Waals surface area contributed by atoms with Crippen LogP contribution in [0.4, 0.5) is 23.7 Å². The van der Waals surface area contributed by atoms with Crippen molar-refractivity contribution in [3.05, 3.63) is 108 Å². The minimum Gasteiger partial charge on any atom is -0.495 e. The third kappa shape index (κ3) is 6.90. The quantitative estimate of drug-likeness (QED) is 0.241. The lowest BCUT2D eigenvalue weighted by Crippen LogP contribution is -2.34. The molecule has 0 atom stereocenters. The summed E-state index contributed by atoms with van der Waals surface area (Å²) in [5, 5.41) is 2.76. The minimum absolute atomic E-state index is 0.0166. The smallest absolute Gasteiger partial charge is 0.416 e. The van der Waals surface area contributed by atoms with E-state index in [0.717, 1.165) is 18.2 Å². The molecule has 0 aliphatic rings. The third-order valence-corrected chi connectivity index (χ3v) is 6.78. The number of urea groups is 1. The Kier molecular flexibility index (Phi) is 8.15. The van der Waals surface area contributed by atoms with Gasteiger partial charge in [0.25, 0.3) is 0 Å². The molecule has 0 aliphatic carbocycles. The molecule has 1 N–H and O–H groups in total. The van der Waals surface area contributed by atoms with E-state index in [1.807, 2.05) is 0 Å². The summed E-state index contributed by atoms with van der Waals surface area (Å²) in [6.45, 7) is -0.112. The van der Waals surface area contributed by atoms with Gasteiger partial charge < -0.3 is 23.6 Å². The van der Waals surface area contributed by atoms with Crippen LogP contribution in [-0.4, -0.2) is 26.5 Å². The molecule has 3 aromatic carbocycles. The Labute approximate surface area is 222 Å². The topological polar surface area (TPSA) is 98.1 Å². The molecule has 1 aromatic heterocycles. The van der Waals surface area contributed by atoms with E-state index in [9.17, 15) is 26.4 Å². The van der Waals surface area contributed by atoms with Crippen molar-refractivity contribution >= 4 is 21.8 Å². The Morgan fingerprint density at radius 3 is 2.33 bits per heavy atom. The van der Waals surface area contributed by atoms with Crippen LogP contribution in [0.2, 0.25) is 0 Å². The first kappa shape index (κ1) is 27.6. The Bertz CT molecular complexity index is 1540. The van der Waals surface area contributed by atoms with Crippen LogP contribution in [0.15, 0.2) is 101 Å². The fourth-order valence-electron chi connectivity index (χ4n) is 3.65. The zero-order valence-corrected chi connectivity index (χ0v) is 21.3. The second-order valence-electron chi connectivity index (χ2n) is 8.24. The Morgan fingerprint density at radius 2 is 1.64 bits per heavy atom. The Hall–Kier alpha value is -4.45. The lowest BCUT2D eigenvalue weighted by molar-refractivity contribution is -0.137. The maximum Gasteiger partial charge on any atom is 0.416 e. The van der Waals surface area contributed by atoms with Crippen molar-refractivity contribution in [3.8, 4) is 11.5 Å². The zero-order valence-electron chi connectivity index (χ0n) is 20.5. The van der Waals surface area contributed by atoms with Crippen LogP contribution in [0.25, 0.3) is 0 Å². The van der Waals surface area contributed by atoms with E-state index in [-0.39, 0.29) is 24.4 Å². The van der Waals surface area contributed by atoms with Gasteiger partial charge in [0.2, 0.25) is 0 Å². The summed E-state index contributed by atoms with van der Waals surface area (Å²) >= 11 is 0. The van der Waals surface area contributed by atoms with Crippen molar-refractivity contribution in [2.45, 2.75) is 24.2 Å². The molecule has 0 saturated heterocycles. The molecule has 204 valence electrons. The van der Waals surface area contributed by atoms with Gasteiger partial charge in [0.15, 0.2) is 0 Å². The Morgan fingerprint density at radius 1 is 0.923 bits per heavy atom. The number of para-hydroxylation sites is 3. The van der Waals surface area contributed by atoms with E-state index in [1.54, 1.807) is 48.5 Å². The van der Waals surface area contributed by atoms with E-state index in [0.29, 0.717) is 23.3 Å². The highest BCUT2D eigenvalue weighted by molar-refractivity contribution is 7.87. The number of amides is 2. The van der Waals surface area contributed by atoms with Crippen LogP contribution in [0, 0.1) is 0 Å². The van der Waals surface area contributed by atoms with Gasteiger partial charge in [-0.05, 0) is 48.5 Å². The SMILES string of the molecule is COc1ccccc1NC(=O)N(Cc1ccco1)Cc1ccccc1OS(=O)(=O)c1cccc(C(F)(F)F)c1. The van der Waals surface area contributed by atoms with E-state index in [4.69, 9.17) is 13.3 Å². The molecule has 0 unspecified atom stereocenters. The highest BCUT2D eigenvalue weighted by Gasteiger charge is 2.32. The summed E-state index contributed by atoms with van der Waals surface area (Å²) < 4.78 is 81.1. The molecule has 4 aromatic rings. The van der Waals surface area contributed by atoms with Crippen LogP contribution in [-0.2, 0) is 29.4 Å². The first-order valence-corrected chi connectivity index (χ1v) is 12.9. The number of methoxy groups -OCH3 is 1. The minimum atomic E-state index is -4.73. The molecule has 0 aliphatic heterocycles. The molecule has 8 nitrogen and oxygen atoms in total. The highest BCUT2D eigenvalue weighted by Crippen LogP contribution is 2.32. The lowest BCUT2D eigenvalue weighted by Gasteiger charge is -2.24. The monoisotopic (exact) mass is 560 g/mol. The molecular formula is C27H23F3N2O6S. The maximum atomic E-state index is 13.3. The van der Waals surface area contributed by atoms with E-state index >= 15 is 0 Å². The van der Waals surface area contributed by atoms with Crippen molar-refractivity contribution in [2.24, 2.45) is 0 Å². The van der Waals surface area contributed by atoms with Crippen LogP contribution in [0.1, 0.15) is 16.9 Å². The summed E-state index contributed by atoms with van der Waals surface area (Å²) in [4.78, 5) is 14.0. The number of rotatable bonds is 9. The molecule has 0 fully saturated rings. The fourth-order valence-corrected chi connectivity index (χ4v) is 4.66. The summed E-state index contributed by atoms with van der Waals surface area (Å²) in [6, 6.07) is 18.8. The number of benzene rings is 3. The predicted octanol–water partition coefficient (Wildman–Crippen LogP) is 6.31. The average Bonchev–Trinajstić information content (AvgIpc) is 3.42. The molecule has 0 saturated carbocycles. The van der Waals surface area contributed by atoms with Gasteiger partial charge in [-0.2, -0.15) is 21.6 Å². The van der Waals surface area contributed by atoms with Crippen LogP contribution >= 0.6 is 0 Å². The molecule has 0 spiro atoms. The van der Waals surface area contributed by atoms with E-state index in [2.05, 4.69) is 5.32 Å². The van der Waals surface area contributed by atoms with Gasteiger partial charge in [-0.15, -0.1) is 0 Å². The standard InChI is InChI=1S/C27H23F3N2O6S/c1-36-25-14-5-3-12-23(25)31-26(33)32(18-21-10-7-15-37-21)17-19-8-2-4-13-24(19)38-39(34,35)22-11-6-9-20(16-22)27(28,29)30/h2-16H,17-18H2,1H3,(H,31,33). The number of nitrogens with zero attached hydrogens (tertiary/aromatic N) is 1. The number of hydrogen-bond donors (Lipinski definition) is 1.